The van der Waals surface area contributed by atoms with Crippen molar-refractivity contribution in [3.05, 3.63) is 30.0 Å². The molecule has 1 aromatic heterocycles. The molecule has 0 fully saturated rings. The zero-order valence-electron chi connectivity index (χ0n) is 10.2. The van der Waals surface area contributed by atoms with Gasteiger partial charge in [0.2, 0.25) is 6.79 Å². The fraction of sp³-hybridized carbons (Fsp3) is 0.182. The van der Waals surface area contributed by atoms with E-state index in [1.807, 2.05) is 0 Å². The highest BCUT2D eigenvalue weighted by molar-refractivity contribution is 7.92. The Morgan fingerprint density at radius 2 is 2.15 bits per heavy atom. The molecule has 0 radical (unpaired) electrons. The molecule has 9 heteroatoms. The van der Waals surface area contributed by atoms with Crippen LogP contribution in [0, 0.1) is 0 Å². The van der Waals surface area contributed by atoms with Crippen LogP contribution in [0.3, 0.4) is 0 Å². The van der Waals surface area contributed by atoms with Crippen LogP contribution >= 0.6 is 0 Å². The lowest BCUT2D eigenvalue weighted by Crippen LogP contribution is -2.15. The van der Waals surface area contributed by atoms with Crippen molar-refractivity contribution in [2.45, 2.75) is 11.6 Å². The van der Waals surface area contributed by atoms with Crippen molar-refractivity contribution in [1.29, 1.82) is 0 Å². The van der Waals surface area contributed by atoms with E-state index in [1.165, 1.54) is 12.3 Å². The summed E-state index contributed by atoms with van der Waals surface area (Å²) in [7, 11) is -3.85. The first-order valence-electron chi connectivity index (χ1n) is 5.66. The Bertz CT molecular complexity index is 740. The molecule has 1 aliphatic rings. The molecule has 0 spiro atoms. The van der Waals surface area contributed by atoms with Crippen LogP contribution in [-0.2, 0) is 16.6 Å². The molecule has 1 aromatic carbocycles. The second-order valence-electron chi connectivity index (χ2n) is 4.06. The Morgan fingerprint density at radius 3 is 2.95 bits per heavy atom. The summed E-state index contributed by atoms with van der Waals surface area (Å²) in [6.07, 6.45) is 1.26. The van der Waals surface area contributed by atoms with E-state index in [4.69, 9.17) is 14.6 Å². The highest BCUT2D eigenvalue weighted by Crippen LogP contribution is 2.34. The number of aromatic nitrogens is 2. The molecule has 2 aromatic rings. The van der Waals surface area contributed by atoms with Crippen LogP contribution in [0.25, 0.3) is 0 Å². The van der Waals surface area contributed by atoms with E-state index in [0.717, 1.165) is 0 Å². The van der Waals surface area contributed by atoms with Gasteiger partial charge in [0.05, 0.1) is 18.5 Å². The Balaban J connectivity index is 1.90. The molecule has 0 unspecified atom stereocenters. The lowest BCUT2D eigenvalue weighted by Gasteiger charge is -2.08. The molecule has 1 aliphatic heterocycles. The molecule has 0 aliphatic carbocycles. The third-order valence-electron chi connectivity index (χ3n) is 2.74. The summed E-state index contributed by atoms with van der Waals surface area (Å²) in [6.45, 7) is -0.311. The lowest BCUT2D eigenvalue weighted by atomic mass is 10.3. The van der Waals surface area contributed by atoms with Crippen molar-refractivity contribution >= 4 is 15.7 Å². The number of aromatic amines is 1. The first-order chi connectivity index (χ1) is 9.60. The van der Waals surface area contributed by atoms with Gasteiger partial charge in [0.25, 0.3) is 10.0 Å². The van der Waals surface area contributed by atoms with Gasteiger partial charge >= 0.3 is 0 Å². The van der Waals surface area contributed by atoms with Crippen molar-refractivity contribution in [2.75, 3.05) is 11.5 Å². The van der Waals surface area contributed by atoms with Crippen LogP contribution < -0.4 is 14.2 Å². The molecule has 0 atom stereocenters. The minimum atomic E-state index is -3.85. The first kappa shape index (κ1) is 12.8. The number of sulfonamides is 1. The fourth-order valence-corrected chi connectivity index (χ4v) is 2.99. The van der Waals surface area contributed by atoms with Gasteiger partial charge in [-0.05, 0) is 12.1 Å². The van der Waals surface area contributed by atoms with E-state index in [-0.39, 0.29) is 17.4 Å². The summed E-state index contributed by atoms with van der Waals surface area (Å²) in [4.78, 5) is 0. The zero-order valence-corrected chi connectivity index (χ0v) is 11.0. The van der Waals surface area contributed by atoms with Gasteiger partial charge in [-0.1, -0.05) is 0 Å². The van der Waals surface area contributed by atoms with E-state index in [9.17, 15) is 8.42 Å². The van der Waals surface area contributed by atoms with Crippen LogP contribution in [0.15, 0.2) is 29.4 Å². The third kappa shape index (κ3) is 2.17. The average Bonchev–Trinajstić information content (AvgIpc) is 3.06. The number of hydrogen-bond donors (Lipinski definition) is 3. The molecule has 0 saturated carbocycles. The van der Waals surface area contributed by atoms with Gasteiger partial charge in [0.15, 0.2) is 16.5 Å². The number of H-pyrrole nitrogens is 1. The molecular formula is C11H11N3O5S. The second-order valence-corrected chi connectivity index (χ2v) is 5.68. The smallest absolute Gasteiger partial charge is 0.279 e. The highest BCUT2D eigenvalue weighted by Gasteiger charge is 2.22. The molecule has 8 nitrogen and oxygen atoms in total. The van der Waals surface area contributed by atoms with Crippen LogP contribution in [-0.4, -0.2) is 30.5 Å². The molecule has 20 heavy (non-hydrogen) atoms. The Labute approximate surface area is 114 Å². The summed E-state index contributed by atoms with van der Waals surface area (Å²) < 4.78 is 37.0. The van der Waals surface area contributed by atoms with Crippen molar-refractivity contribution in [3.63, 3.8) is 0 Å². The number of hydrogen-bond acceptors (Lipinski definition) is 6. The number of nitrogens with zero attached hydrogens (tertiary/aromatic N) is 1. The standard InChI is InChI=1S/C11H11N3O5S/c15-5-7-4-12-13-11(7)20(16,17)14-8-1-2-9-10(3-8)19-6-18-9/h1-4,14-15H,5-6H2,(H,12,13). The van der Waals surface area contributed by atoms with Crippen molar-refractivity contribution in [3.8, 4) is 11.5 Å². The van der Waals surface area contributed by atoms with Gasteiger partial charge in [-0.3, -0.25) is 9.82 Å². The van der Waals surface area contributed by atoms with E-state index in [1.54, 1.807) is 12.1 Å². The number of rotatable bonds is 4. The maximum absolute atomic E-state index is 12.2. The molecule has 0 bridgehead atoms. The van der Waals surface area contributed by atoms with Gasteiger partial charge in [0, 0.05) is 11.6 Å². The Kier molecular flexibility index (Phi) is 2.99. The van der Waals surface area contributed by atoms with E-state index in [2.05, 4.69) is 14.9 Å². The van der Waals surface area contributed by atoms with Gasteiger partial charge in [-0.25, -0.2) is 0 Å². The predicted molar refractivity (Wildman–Crippen MR) is 67.9 cm³/mol. The summed E-state index contributed by atoms with van der Waals surface area (Å²) >= 11 is 0. The lowest BCUT2D eigenvalue weighted by molar-refractivity contribution is 0.174. The first-order valence-corrected chi connectivity index (χ1v) is 7.14. The van der Waals surface area contributed by atoms with E-state index in [0.29, 0.717) is 17.2 Å². The molecule has 0 saturated heterocycles. The summed E-state index contributed by atoms with van der Waals surface area (Å²) in [6, 6.07) is 4.69. The minimum absolute atomic E-state index is 0.112. The molecule has 2 heterocycles. The number of aliphatic hydroxyl groups is 1. The quantitative estimate of drug-likeness (QED) is 0.754. The van der Waals surface area contributed by atoms with Crippen LogP contribution in [0.1, 0.15) is 5.56 Å². The molecule has 3 rings (SSSR count). The fourth-order valence-electron chi connectivity index (χ4n) is 1.81. The molecular weight excluding hydrogens is 286 g/mol. The summed E-state index contributed by atoms with van der Waals surface area (Å²) in [5.74, 6) is 1.03. The van der Waals surface area contributed by atoms with Crippen LogP contribution in [0.5, 0.6) is 11.5 Å². The maximum atomic E-state index is 12.2. The zero-order chi connectivity index (χ0) is 14.2. The summed E-state index contributed by atoms with van der Waals surface area (Å²) in [5, 5.41) is 14.9. The van der Waals surface area contributed by atoms with Crippen molar-refractivity contribution < 1.29 is 23.0 Å². The molecule has 0 amide bonds. The van der Waals surface area contributed by atoms with Crippen molar-refractivity contribution in [1.82, 2.24) is 10.2 Å². The number of nitrogens with one attached hydrogen (secondary N) is 2. The molecule has 3 N–H and O–H groups in total. The van der Waals surface area contributed by atoms with Crippen LogP contribution in [0.2, 0.25) is 0 Å². The Morgan fingerprint density at radius 1 is 1.35 bits per heavy atom. The van der Waals surface area contributed by atoms with E-state index < -0.39 is 16.6 Å². The van der Waals surface area contributed by atoms with Gasteiger partial charge in [0.1, 0.15) is 0 Å². The van der Waals surface area contributed by atoms with Gasteiger partial charge < -0.3 is 14.6 Å². The number of anilines is 1. The number of aliphatic hydroxyl groups excluding tert-OH is 1. The number of ether oxygens (including phenoxy) is 2. The molecule has 106 valence electrons. The van der Waals surface area contributed by atoms with Crippen LogP contribution in [0.4, 0.5) is 5.69 Å². The van der Waals surface area contributed by atoms with E-state index >= 15 is 0 Å². The van der Waals surface area contributed by atoms with Crippen molar-refractivity contribution in [2.24, 2.45) is 0 Å². The number of benzene rings is 1. The summed E-state index contributed by atoms with van der Waals surface area (Å²) in [5.41, 5.74) is 0.519. The Hall–Kier alpha value is -2.26. The monoisotopic (exact) mass is 297 g/mol. The minimum Gasteiger partial charge on any atom is -0.454 e. The number of fused-ring (bicyclic) bond motifs is 1. The maximum Gasteiger partial charge on any atom is 0.279 e. The van der Waals surface area contributed by atoms with Gasteiger partial charge in [-0.15, -0.1) is 0 Å². The normalized spacial score (nSPS) is 13.4. The third-order valence-corrected chi connectivity index (χ3v) is 4.14. The largest absolute Gasteiger partial charge is 0.454 e. The average molecular weight is 297 g/mol. The second kappa shape index (κ2) is 4.69. The van der Waals surface area contributed by atoms with Gasteiger partial charge in [-0.2, -0.15) is 13.5 Å². The SMILES string of the molecule is O=S(=O)(Nc1ccc2c(c1)OCO2)c1[nH]ncc1CO. The highest BCUT2D eigenvalue weighted by atomic mass is 32.2. The topological polar surface area (TPSA) is 114 Å². The predicted octanol–water partition coefficient (Wildman–Crippen LogP) is 0.431.